The Balaban J connectivity index is 1.60. The molecule has 1 aliphatic heterocycles. The molecule has 0 aromatic heterocycles. The number of nitrogens with zero attached hydrogens (tertiary/aromatic N) is 1. The van der Waals surface area contributed by atoms with E-state index in [0.29, 0.717) is 5.92 Å². The Morgan fingerprint density at radius 1 is 0.793 bits per heavy atom. The number of rotatable bonds is 2. The smallest absolute Gasteiger partial charge is 0.0466 e. The van der Waals surface area contributed by atoms with Crippen molar-refractivity contribution in [3.8, 4) is 0 Å². The van der Waals surface area contributed by atoms with Gasteiger partial charge in [0, 0.05) is 11.5 Å². The van der Waals surface area contributed by atoms with Crippen molar-refractivity contribution in [3.63, 3.8) is 0 Å². The molecule has 2 unspecified atom stereocenters. The Kier molecular flexibility index (Phi) is 4.27. The maximum atomic E-state index is 2.88. The fraction of sp³-hybridized carbons (Fsp3) is 0.429. The second kappa shape index (κ2) is 6.99. The van der Waals surface area contributed by atoms with Crippen LogP contribution in [0.4, 0.5) is 0 Å². The Labute approximate surface area is 175 Å². The van der Waals surface area contributed by atoms with E-state index in [-0.39, 0.29) is 5.54 Å². The number of hydrogen-bond acceptors (Lipinski definition) is 1. The highest BCUT2D eigenvalue weighted by Gasteiger charge is 2.49. The minimum Gasteiger partial charge on any atom is -0.294 e. The van der Waals surface area contributed by atoms with Crippen molar-refractivity contribution in [2.75, 3.05) is 13.1 Å². The van der Waals surface area contributed by atoms with Crippen LogP contribution in [0.15, 0.2) is 66.2 Å². The van der Waals surface area contributed by atoms with Crippen molar-refractivity contribution in [2.45, 2.75) is 56.9 Å². The lowest BCUT2D eigenvalue weighted by Crippen LogP contribution is -2.55. The Morgan fingerprint density at radius 2 is 1.59 bits per heavy atom. The summed E-state index contributed by atoms with van der Waals surface area (Å²) in [5, 5.41) is 0. The molecule has 29 heavy (non-hydrogen) atoms. The zero-order valence-electron chi connectivity index (χ0n) is 17.4. The molecule has 2 atom stereocenters. The molecule has 0 bridgehead atoms. The fourth-order valence-corrected chi connectivity index (χ4v) is 6.82. The van der Waals surface area contributed by atoms with Crippen molar-refractivity contribution in [2.24, 2.45) is 5.92 Å². The van der Waals surface area contributed by atoms with Crippen molar-refractivity contribution >= 4 is 11.1 Å². The molecule has 148 valence electrons. The van der Waals surface area contributed by atoms with Gasteiger partial charge in [-0.05, 0) is 79.5 Å². The maximum Gasteiger partial charge on any atom is 0.0466 e. The molecule has 2 fully saturated rings. The van der Waals surface area contributed by atoms with Gasteiger partial charge in [-0.2, -0.15) is 0 Å². The number of hydrogen-bond donors (Lipinski definition) is 0. The zero-order chi connectivity index (χ0) is 19.3. The zero-order valence-corrected chi connectivity index (χ0v) is 17.4. The van der Waals surface area contributed by atoms with Crippen LogP contribution in [0.1, 0.15) is 61.6 Å². The van der Waals surface area contributed by atoms with Gasteiger partial charge >= 0.3 is 0 Å². The maximum absolute atomic E-state index is 2.88. The van der Waals surface area contributed by atoms with E-state index in [0.717, 1.165) is 0 Å². The van der Waals surface area contributed by atoms with Crippen LogP contribution in [0, 0.1) is 5.92 Å². The molecule has 2 aromatic rings. The van der Waals surface area contributed by atoms with Crippen LogP contribution in [0.5, 0.6) is 0 Å². The summed E-state index contributed by atoms with van der Waals surface area (Å²) in [5.74, 6) is 0.713. The van der Waals surface area contributed by atoms with E-state index < -0.39 is 0 Å². The quantitative estimate of drug-likeness (QED) is 0.573. The van der Waals surface area contributed by atoms with Gasteiger partial charge in [-0.15, -0.1) is 0 Å². The second-order valence-electron chi connectivity index (χ2n) is 9.47. The average Bonchev–Trinajstić information content (AvgIpc) is 3.34. The largest absolute Gasteiger partial charge is 0.294 e. The molecule has 0 radical (unpaired) electrons. The molecule has 1 heterocycles. The van der Waals surface area contributed by atoms with Gasteiger partial charge in [0.1, 0.15) is 0 Å². The summed E-state index contributed by atoms with van der Waals surface area (Å²) < 4.78 is 0. The molecule has 4 aliphatic rings. The lowest BCUT2D eigenvalue weighted by atomic mass is 9.59. The molecule has 2 aromatic carbocycles. The second-order valence-corrected chi connectivity index (χ2v) is 9.47. The first-order chi connectivity index (χ1) is 14.4. The van der Waals surface area contributed by atoms with Crippen LogP contribution in [-0.4, -0.2) is 23.5 Å². The van der Waals surface area contributed by atoms with Crippen LogP contribution in [0.25, 0.3) is 11.1 Å². The lowest BCUT2D eigenvalue weighted by Gasteiger charge is -2.53. The number of likely N-dealkylation sites (tertiary alicyclic amines) is 1. The molecule has 6 rings (SSSR count). The van der Waals surface area contributed by atoms with Crippen molar-refractivity contribution < 1.29 is 0 Å². The summed E-state index contributed by atoms with van der Waals surface area (Å²) in [7, 11) is 0. The number of allylic oxidation sites excluding steroid dienone is 2. The predicted octanol–water partition coefficient (Wildman–Crippen LogP) is 6.51. The summed E-state index contributed by atoms with van der Waals surface area (Å²) in [4.78, 5) is 2.88. The highest BCUT2D eigenvalue weighted by Crippen LogP contribution is 2.56. The number of benzene rings is 2. The molecule has 3 aliphatic carbocycles. The lowest BCUT2D eigenvalue weighted by molar-refractivity contribution is 0.0736. The van der Waals surface area contributed by atoms with Gasteiger partial charge in [0.15, 0.2) is 0 Å². The highest BCUT2D eigenvalue weighted by atomic mass is 15.2. The van der Waals surface area contributed by atoms with E-state index in [4.69, 9.17) is 0 Å². The van der Waals surface area contributed by atoms with Crippen molar-refractivity contribution in [1.82, 2.24) is 4.90 Å². The van der Waals surface area contributed by atoms with Gasteiger partial charge in [-0.1, -0.05) is 79.1 Å². The first kappa shape index (κ1) is 17.7. The van der Waals surface area contributed by atoms with E-state index in [1.165, 1.54) is 86.7 Å². The van der Waals surface area contributed by atoms with Crippen molar-refractivity contribution in [3.05, 3.63) is 82.9 Å². The van der Waals surface area contributed by atoms with Crippen LogP contribution in [-0.2, 0) is 6.42 Å². The van der Waals surface area contributed by atoms with Crippen molar-refractivity contribution in [1.29, 1.82) is 0 Å². The Morgan fingerprint density at radius 3 is 2.45 bits per heavy atom. The van der Waals surface area contributed by atoms with E-state index >= 15 is 0 Å². The molecular weight excluding hydrogens is 350 g/mol. The summed E-state index contributed by atoms with van der Waals surface area (Å²) in [6, 6.07) is 20.4. The molecular formula is C28H31N. The SMILES string of the molecule is C1=C(c2ccccc2)C2=C(CCc3ccccc32)C2CCCCC12N1CCCC1. The third kappa shape index (κ3) is 2.70. The highest BCUT2D eigenvalue weighted by molar-refractivity contribution is 6.09. The van der Waals surface area contributed by atoms with Gasteiger partial charge in [0.05, 0.1) is 0 Å². The summed E-state index contributed by atoms with van der Waals surface area (Å²) in [6.07, 6.45) is 13.4. The van der Waals surface area contributed by atoms with Gasteiger partial charge < -0.3 is 0 Å². The number of fused-ring (bicyclic) bond motifs is 4. The molecule has 0 N–H and O–H groups in total. The summed E-state index contributed by atoms with van der Waals surface area (Å²) >= 11 is 0. The van der Waals surface area contributed by atoms with Gasteiger partial charge in [-0.25, -0.2) is 0 Å². The standard InChI is InChI=1S/C28H31N/c1-2-10-21(11-3-1)25-20-28(29-18-8-9-19-29)17-7-6-14-26(28)24-16-15-22-12-4-5-13-23(22)27(24)25/h1-5,10-13,20,26H,6-9,14-19H2. The van der Waals surface area contributed by atoms with Crippen LogP contribution < -0.4 is 0 Å². The molecule has 0 spiro atoms. The first-order valence-corrected chi connectivity index (χ1v) is 11.7. The minimum absolute atomic E-state index is 0.255. The summed E-state index contributed by atoms with van der Waals surface area (Å²) in [6.45, 7) is 2.57. The van der Waals surface area contributed by atoms with E-state index in [1.807, 2.05) is 0 Å². The molecule has 1 nitrogen and oxygen atoms in total. The first-order valence-electron chi connectivity index (χ1n) is 11.7. The van der Waals surface area contributed by atoms with Gasteiger partial charge in [-0.3, -0.25) is 4.90 Å². The fourth-order valence-electron chi connectivity index (χ4n) is 6.82. The molecule has 1 heteroatoms. The van der Waals surface area contributed by atoms with Crippen LogP contribution >= 0.6 is 0 Å². The molecule has 1 saturated heterocycles. The minimum atomic E-state index is 0.255. The van der Waals surface area contributed by atoms with E-state index in [9.17, 15) is 0 Å². The van der Waals surface area contributed by atoms with E-state index in [1.54, 1.807) is 11.1 Å². The molecule has 1 saturated carbocycles. The van der Waals surface area contributed by atoms with Crippen LogP contribution in [0.2, 0.25) is 0 Å². The monoisotopic (exact) mass is 381 g/mol. The molecule has 0 amide bonds. The Hall–Kier alpha value is -2.12. The number of aryl methyl sites for hydroxylation is 1. The average molecular weight is 382 g/mol. The predicted molar refractivity (Wildman–Crippen MR) is 122 cm³/mol. The topological polar surface area (TPSA) is 3.24 Å². The summed E-state index contributed by atoms with van der Waals surface area (Å²) in [5.41, 5.74) is 9.57. The third-order valence-corrected chi connectivity index (χ3v) is 8.06. The van der Waals surface area contributed by atoms with Gasteiger partial charge in [0.25, 0.3) is 0 Å². The van der Waals surface area contributed by atoms with Crippen LogP contribution in [0.3, 0.4) is 0 Å². The van der Waals surface area contributed by atoms with Gasteiger partial charge in [0.2, 0.25) is 0 Å². The third-order valence-electron chi connectivity index (χ3n) is 8.06. The Bertz CT molecular complexity index is 976. The normalized spacial score (nSPS) is 29.1. The van der Waals surface area contributed by atoms with E-state index in [2.05, 4.69) is 65.6 Å².